The maximum Gasteiger partial charge on any atom is 0.264 e. The molecule has 1 aromatic heterocycles. The van der Waals surface area contributed by atoms with Crippen molar-refractivity contribution in [2.24, 2.45) is 0 Å². The van der Waals surface area contributed by atoms with Gasteiger partial charge in [0.15, 0.2) is 0 Å². The van der Waals surface area contributed by atoms with Crippen molar-refractivity contribution in [1.29, 1.82) is 0 Å². The molecule has 2 fully saturated rings. The zero-order chi connectivity index (χ0) is 15.6. The van der Waals surface area contributed by atoms with E-state index in [1.807, 2.05) is 0 Å². The van der Waals surface area contributed by atoms with E-state index < -0.39 is 0 Å². The van der Waals surface area contributed by atoms with Crippen molar-refractivity contribution in [3.8, 4) is 0 Å². The van der Waals surface area contributed by atoms with E-state index >= 15 is 0 Å². The van der Waals surface area contributed by atoms with E-state index in [1.54, 1.807) is 11.3 Å². The highest BCUT2D eigenvalue weighted by molar-refractivity contribution is 7.14. The predicted octanol–water partition coefficient (Wildman–Crippen LogP) is 2.56. The normalized spacial score (nSPS) is 25.6. The van der Waals surface area contributed by atoms with Crippen molar-refractivity contribution in [3.63, 3.8) is 0 Å². The number of carbonyl (C=O) groups is 1. The monoisotopic (exact) mass is 334 g/mol. The molecule has 1 amide bonds. The third-order valence-electron chi connectivity index (χ3n) is 5.42. The number of nitrogens with zero attached hydrogens (tertiary/aromatic N) is 2. The first kappa shape index (κ1) is 15.6. The fourth-order valence-electron chi connectivity index (χ4n) is 4.12. The van der Waals surface area contributed by atoms with E-state index in [1.165, 1.54) is 29.7 Å². The van der Waals surface area contributed by atoms with Gasteiger partial charge >= 0.3 is 0 Å². The third kappa shape index (κ3) is 3.32. The summed E-state index contributed by atoms with van der Waals surface area (Å²) < 4.78 is 5.45. The summed E-state index contributed by atoms with van der Waals surface area (Å²) in [4.78, 5) is 20.1. The Bertz CT molecular complexity index is 544. The second-order valence-electron chi connectivity index (χ2n) is 6.97. The smallest absolute Gasteiger partial charge is 0.264 e. The SMILES string of the molecule is O=C(c1cc2c(s1)CCC2)N1CCCC[C@H]1CN1CCOCC1. The highest BCUT2D eigenvalue weighted by Gasteiger charge is 2.31. The molecule has 1 aliphatic carbocycles. The molecule has 1 aromatic rings. The van der Waals surface area contributed by atoms with E-state index in [2.05, 4.69) is 15.9 Å². The van der Waals surface area contributed by atoms with Crippen LogP contribution in [-0.2, 0) is 17.6 Å². The standard InChI is InChI=1S/C18H26N2O2S/c21-18(17-12-14-4-3-6-16(14)23-17)20-7-2-1-5-15(20)13-19-8-10-22-11-9-19/h12,15H,1-11,13H2/t15-/m0/s1. The van der Waals surface area contributed by atoms with E-state index in [4.69, 9.17) is 4.74 Å². The molecule has 0 unspecified atom stereocenters. The third-order valence-corrected chi connectivity index (χ3v) is 6.64. The number of ether oxygens (including phenoxy) is 1. The molecule has 23 heavy (non-hydrogen) atoms. The van der Waals surface area contributed by atoms with Gasteiger partial charge in [0, 0.05) is 37.1 Å². The molecule has 126 valence electrons. The summed E-state index contributed by atoms with van der Waals surface area (Å²) in [7, 11) is 0. The number of fused-ring (bicyclic) bond motifs is 1. The van der Waals surface area contributed by atoms with Gasteiger partial charge in [0.25, 0.3) is 5.91 Å². The average Bonchev–Trinajstić information content (AvgIpc) is 3.17. The van der Waals surface area contributed by atoms with Crippen LogP contribution in [0.1, 0.15) is 45.8 Å². The molecule has 3 aliphatic rings. The lowest BCUT2D eigenvalue weighted by Gasteiger charge is -2.39. The summed E-state index contributed by atoms with van der Waals surface area (Å²) in [5, 5.41) is 0. The Labute approximate surface area is 142 Å². The molecule has 0 N–H and O–H groups in total. The Morgan fingerprint density at radius 1 is 1.17 bits per heavy atom. The van der Waals surface area contributed by atoms with Crippen molar-refractivity contribution in [3.05, 3.63) is 21.4 Å². The first-order chi connectivity index (χ1) is 11.3. The van der Waals surface area contributed by atoms with Crippen molar-refractivity contribution in [1.82, 2.24) is 9.80 Å². The van der Waals surface area contributed by atoms with Gasteiger partial charge in [-0.25, -0.2) is 0 Å². The molecule has 0 aromatic carbocycles. The number of rotatable bonds is 3. The molecule has 0 saturated carbocycles. The quantitative estimate of drug-likeness (QED) is 0.852. The number of carbonyl (C=O) groups excluding carboxylic acids is 1. The maximum absolute atomic E-state index is 13.1. The zero-order valence-electron chi connectivity index (χ0n) is 13.8. The van der Waals surface area contributed by atoms with Crippen LogP contribution in [0, 0.1) is 0 Å². The summed E-state index contributed by atoms with van der Waals surface area (Å²) >= 11 is 1.75. The van der Waals surface area contributed by atoms with Crippen molar-refractivity contribution in [2.45, 2.75) is 44.6 Å². The van der Waals surface area contributed by atoms with E-state index in [0.717, 1.165) is 63.5 Å². The van der Waals surface area contributed by atoms with E-state index in [-0.39, 0.29) is 5.91 Å². The highest BCUT2D eigenvalue weighted by Crippen LogP contribution is 2.32. The lowest BCUT2D eigenvalue weighted by atomic mass is 10.0. The maximum atomic E-state index is 13.1. The minimum Gasteiger partial charge on any atom is -0.379 e. The number of thiophene rings is 1. The summed E-state index contributed by atoms with van der Waals surface area (Å²) in [5.74, 6) is 0.280. The van der Waals surface area contributed by atoms with Crippen LogP contribution >= 0.6 is 11.3 Å². The van der Waals surface area contributed by atoms with Crippen LogP contribution in [0.25, 0.3) is 0 Å². The first-order valence-corrected chi connectivity index (χ1v) is 9.85. The van der Waals surface area contributed by atoms with Crippen LogP contribution in [0.15, 0.2) is 6.07 Å². The second kappa shape index (κ2) is 6.91. The molecule has 2 aliphatic heterocycles. The average molecular weight is 334 g/mol. The van der Waals surface area contributed by atoms with Gasteiger partial charge < -0.3 is 9.64 Å². The van der Waals surface area contributed by atoms with Crippen molar-refractivity contribution in [2.75, 3.05) is 39.4 Å². The summed E-state index contributed by atoms with van der Waals surface area (Å²) in [6.07, 6.45) is 7.14. The molecule has 5 heteroatoms. The van der Waals surface area contributed by atoms with Crippen molar-refractivity contribution < 1.29 is 9.53 Å². The number of amides is 1. The van der Waals surface area contributed by atoms with Crippen LogP contribution < -0.4 is 0 Å². The van der Waals surface area contributed by atoms with Crippen LogP contribution in [0.4, 0.5) is 0 Å². The lowest BCUT2D eigenvalue weighted by Crippen LogP contribution is -2.51. The van der Waals surface area contributed by atoms with Crippen molar-refractivity contribution >= 4 is 17.2 Å². The molecular weight excluding hydrogens is 308 g/mol. The van der Waals surface area contributed by atoms with Crippen LogP contribution in [-0.4, -0.2) is 61.1 Å². The second-order valence-corrected chi connectivity index (χ2v) is 8.11. The predicted molar refractivity (Wildman–Crippen MR) is 92.3 cm³/mol. The summed E-state index contributed by atoms with van der Waals surface area (Å²) in [5.41, 5.74) is 1.43. The van der Waals surface area contributed by atoms with Gasteiger partial charge in [-0.05, 0) is 50.2 Å². The fraction of sp³-hybridized carbons (Fsp3) is 0.722. The zero-order valence-corrected chi connectivity index (χ0v) is 14.6. The number of piperidine rings is 1. The highest BCUT2D eigenvalue weighted by atomic mass is 32.1. The minimum absolute atomic E-state index is 0.280. The summed E-state index contributed by atoms with van der Waals surface area (Å²) in [6, 6.07) is 2.56. The molecule has 4 nitrogen and oxygen atoms in total. The molecule has 0 bridgehead atoms. The number of hydrogen-bond donors (Lipinski definition) is 0. The Balaban J connectivity index is 1.46. The van der Waals surface area contributed by atoms with Gasteiger partial charge in [-0.1, -0.05) is 0 Å². The number of hydrogen-bond acceptors (Lipinski definition) is 4. The summed E-state index contributed by atoms with van der Waals surface area (Å²) in [6.45, 7) is 5.62. The molecule has 1 atom stereocenters. The Kier molecular flexibility index (Phi) is 4.69. The molecule has 2 saturated heterocycles. The van der Waals surface area contributed by atoms with Crippen LogP contribution in [0.3, 0.4) is 0 Å². The van der Waals surface area contributed by atoms with Gasteiger partial charge in [0.1, 0.15) is 0 Å². The van der Waals surface area contributed by atoms with Gasteiger partial charge in [0.05, 0.1) is 18.1 Å². The first-order valence-electron chi connectivity index (χ1n) is 9.04. The topological polar surface area (TPSA) is 32.8 Å². The number of morpholine rings is 1. The molecule has 3 heterocycles. The number of likely N-dealkylation sites (tertiary alicyclic amines) is 1. The van der Waals surface area contributed by atoms with Crippen LogP contribution in [0.2, 0.25) is 0 Å². The fourth-order valence-corrected chi connectivity index (χ4v) is 5.33. The minimum atomic E-state index is 0.280. The van der Waals surface area contributed by atoms with E-state index in [0.29, 0.717) is 6.04 Å². The Morgan fingerprint density at radius 2 is 2.04 bits per heavy atom. The lowest BCUT2D eigenvalue weighted by molar-refractivity contribution is 0.0167. The number of aryl methyl sites for hydroxylation is 2. The van der Waals surface area contributed by atoms with Gasteiger partial charge in [-0.15, -0.1) is 11.3 Å². The Hall–Kier alpha value is -0.910. The molecule has 4 rings (SSSR count). The van der Waals surface area contributed by atoms with Gasteiger partial charge in [-0.3, -0.25) is 9.69 Å². The van der Waals surface area contributed by atoms with Crippen LogP contribution in [0.5, 0.6) is 0 Å². The van der Waals surface area contributed by atoms with Gasteiger partial charge in [-0.2, -0.15) is 0 Å². The van der Waals surface area contributed by atoms with E-state index in [9.17, 15) is 4.79 Å². The van der Waals surface area contributed by atoms with Gasteiger partial charge in [0.2, 0.25) is 0 Å². The molecule has 0 radical (unpaired) electrons. The Morgan fingerprint density at radius 3 is 2.87 bits per heavy atom. The molecule has 0 spiro atoms. The largest absolute Gasteiger partial charge is 0.379 e. The molecular formula is C18H26N2O2S.